The van der Waals surface area contributed by atoms with Crippen LogP contribution in [0.25, 0.3) is 0 Å². The van der Waals surface area contributed by atoms with Gasteiger partial charge in [0.05, 0.1) is 7.11 Å². The van der Waals surface area contributed by atoms with Gasteiger partial charge in [-0.1, -0.05) is 0 Å². The molecule has 3 rings (SSSR count). The number of nitrogens with zero attached hydrogens (tertiary/aromatic N) is 3. The van der Waals surface area contributed by atoms with E-state index in [-0.39, 0.29) is 36.8 Å². The molecule has 22 heavy (non-hydrogen) atoms. The van der Waals surface area contributed by atoms with E-state index in [1.54, 1.807) is 23.2 Å². The molecule has 8 heteroatoms. The van der Waals surface area contributed by atoms with Crippen molar-refractivity contribution in [1.82, 2.24) is 14.8 Å². The van der Waals surface area contributed by atoms with Gasteiger partial charge in [0.1, 0.15) is 5.56 Å². The van der Waals surface area contributed by atoms with E-state index >= 15 is 0 Å². The molecule has 0 atom stereocenters. The van der Waals surface area contributed by atoms with Crippen LogP contribution in [-0.4, -0.2) is 66.0 Å². The van der Waals surface area contributed by atoms with E-state index in [0.29, 0.717) is 18.7 Å². The molecular weight excluding hydrogens is 290 g/mol. The zero-order chi connectivity index (χ0) is 15.7. The largest absolute Gasteiger partial charge is 0.480 e. The van der Waals surface area contributed by atoms with Gasteiger partial charge in [0, 0.05) is 31.7 Å². The Hall–Kier alpha value is -2.64. The number of carbonyl (C=O) groups is 3. The van der Waals surface area contributed by atoms with Crippen molar-refractivity contribution in [1.29, 1.82) is 0 Å². The maximum atomic E-state index is 12.4. The Morgan fingerprint density at radius 1 is 1.45 bits per heavy atom. The van der Waals surface area contributed by atoms with E-state index in [0.717, 1.165) is 4.90 Å². The molecule has 0 bridgehead atoms. The highest BCUT2D eigenvalue weighted by molar-refractivity contribution is 5.98. The molecule has 0 saturated carbocycles. The molecule has 1 aromatic heterocycles. The van der Waals surface area contributed by atoms with Crippen LogP contribution in [0.3, 0.4) is 0 Å². The lowest BCUT2D eigenvalue weighted by Crippen LogP contribution is -2.54. The number of pyridine rings is 1. The summed E-state index contributed by atoms with van der Waals surface area (Å²) in [6, 6.07) is 3.33. The number of methoxy groups -OCH3 is 1. The SMILES string of the molecule is COc1ncccc1C(=O)N1CC(CN2C(=O)COC2=O)C1. The summed E-state index contributed by atoms with van der Waals surface area (Å²) in [4.78, 5) is 41.9. The minimum atomic E-state index is -0.608. The summed E-state index contributed by atoms with van der Waals surface area (Å²) < 4.78 is 9.73. The smallest absolute Gasteiger partial charge is 0.417 e. The fourth-order valence-electron chi connectivity index (χ4n) is 2.55. The van der Waals surface area contributed by atoms with E-state index in [1.807, 2.05) is 0 Å². The van der Waals surface area contributed by atoms with Crippen molar-refractivity contribution in [3.63, 3.8) is 0 Å². The lowest BCUT2D eigenvalue weighted by molar-refractivity contribution is -0.126. The highest BCUT2D eigenvalue weighted by Crippen LogP contribution is 2.24. The predicted molar refractivity (Wildman–Crippen MR) is 73.2 cm³/mol. The molecule has 0 aromatic carbocycles. The Kier molecular flexibility index (Phi) is 3.66. The summed E-state index contributed by atoms with van der Waals surface area (Å²) >= 11 is 0. The maximum Gasteiger partial charge on any atom is 0.417 e. The van der Waals surface area contributed by atoms with Gasteiger partial charge in [-0.25, -0.2) is 14.7 Å². The lowest BCUT2D eigenvalue weighted by Gasteiger charge is -2.40. The van der Waals surface area contributed by atoms with Crippen LogP contribution in [0.1, 0.15) is 10.4 Å². The zero-order valence-corrected chi connectivity index (χ0v) is 12.0. The van der Waals surface area contributed by atoms with Crippen LogP contribution >= 0.6 is 0 Å². The van der Waals surface area contributed by atoms with Crippen molar-refractivity contribution in [3.05, 3.63) is 23.9 Å². The summed E-state index contributed by atoms with van der Waals surface area (Å²) in [5.41, 5.74) is 0.403. The maximum absolute atomic E-state index is 12.4. The number of hydrogen-bond donors (Lipinski definition) is 0. The normalized spacial score (nSPS) is 18.2. The Labute approximate surface area is 126 Å². The van der Waals surface area contributed by atoms with Crippen LogP contribution in [0, 0.1) is 5.92 Å². The number of cyclic esters (lactones) is 1. The minimum absolute atomic E-state index is 0.0706. The van der Waals surface area contributed by atoms with Gasteiger partial charge in [-0.05, 0) is 12.1 Å². The fraction of sp³-hybridized carbons (Fsp3) is 0.429. The quantitative estimate of drug-likeness (QED) is 0.786. The van der Waals surface area contributed by atoms with Crippen molar-refractivity contribution < 1.29 is 23.9 Å². The van der Waals surface area contributed by atoms with Crippen LogP contribution in [0.4, 0.5) is 4.79 Å². The number of hydrogen-bond acceptors (Lipinski definition) is 6. The molecule has 116 valence electrons. The molecule has 0 spiro atoms. The van der Waals surface area contributed by atoms with E-state index in [1.165, 1.54) is 7.11 Å². The van der Waals surface area contributed by atoms with Gasteiger partial charge in [-0.2, -0.15) is 0 Å². The van der Waals surface area contributed by atoms with Crippen LogP contribution in [0.5, 0.6) is 5.88 Å². The van der Waals surface area contributed by atoms with E-state index in [9.17, 15) is 14.4 Å². The number of likely N-dealkylation sites (tertiary alicyclic amines) is 1. The van der Waals surface area contributed by atoms with Gasteiger partial charge in [-0.3, -0.25) is 9.59 Å². The molecule has 2 fully saturated rings. The Morgan fingerprint density at radius 2 is 2.23 bits per heavy atom. The molecule has 0 aliphatic carbocycles. The predicted octanol–water partition coefficient (Wildman–Crippen LogP) is 0.141. The van der Waals surface area contributed by atoms with Crippen molar-refractivity contribution >= 4 is 17.9 Å². The number of carbonyl (C=O) groups excluding carboxylic acids is 3. The number of amides is 3. The van der Waals surface area contributed by atoms with Crippen molar-refractivity contribution in [2.45, 2.75) is 0 Å². The first-order valence-electron chi connectivity index (χ1n) is 6.85. The minimum Gasteiger partial charge on any atom is -0.480 e. The zero-order valence-electron chi connectivity index (χ0n) is 12.0. The third kappa shape index (κ3) is 2.47. The van der Waals surface area contributed by atoms with Crippen molar-refractivity contribution in [2.75, 3.05) is 33.4 Å². The van der Waals surface area contributed by atoms with E-state index < -0.39 is 6.09 Å². The van der Waals surface area contributed by atoms with Crippen LogP contribution in [-0.2, 0) is 9.53 Å². The lowest BCUT2D eigenvalue weighted by atomic mass is 9.98. The molecular formula is C14H15N3O5. The molecule has 0 radical (unpaired) electrons. The third-order valence-corrected chi connectivity index (χ3v) is 3.72. The second kappa shape index (κ2) is 5.63. The molecule has 3 heterocycles. The second-order valence-corrected chi connectivity index (χ2v) is 5.20. The number of imide groups is 1. The van der Waals surface area contributed by atoms with E-state index in [2.05, 4.69) is 9.72 Å². The molecule has 2 saturated heterocycles. The van der Waals surface area contributed by atoms with Crippen molar-refractivity contribution in [2.24, 2.45) is 5.92 Å². The number of rotatable bonds is 4. The first-order valence-corrected chi connectivity index (χ1v) is 6.85. The summed E-state index contributed by atoms with van der Waals surface area (Å²) in [5, 5.41) is 0. The topological polar surface area (TPSA) is 89.0 Å². The average Bonchev–Trinajstić information content (AvgIpc) is 2.81. The second-order valence-electron chi connectivity index (χ2n) is 5.20. The number of ether oxygens (including phenoxy) is 2. The molecule has 0 N–H and O–H groups in total. The average molecular weight is 305 g/mol. The van der Waals surface area contributed by atoms with Gasteiger partial charge >= 0.3 is 6.09 Å². The van der Waals surface area contributed by atoms with Crippen LogP contribution < -0.4 is 4.74 Å². The monoisotopic (exact) mass is 305 g/mol. The highest BCUT2D eigenvalue weighted by Gasteiger charge is 2.38. The summed E-state index contributed by atoms with van der Waals surface area (Å²) in [6.45, 7) is 1.05. The standard InChI is InChI=1S/C14H15N3O5/c1-21-12-10(3-2-4-15-12)13(19)16-5-9(6-16)7-17-11(18)8-22-14(17)20/h2-4,9H,5-8H2,1H3. The first-order chi connectivity index (χ1) is 10.6. The first kappa shape index (κ1) is 14.3. The number of aromatic nitrogens is 1. The Morgan fingerprint density at radius 3 is 2.86 bits per heavy atom. The molecule has 0 unspecified atom stereocenters. The Balaban J connectivity index is 1.58. The molecule has 2 aliphatic rings. The molecule has 8 nitrogen and oxygen atoms in total. The van der Waals surface area contributed by atoms with Gasteiger partial charge in [0.25, 0.3) is 11.8 Å². The van der Waals surface area contributed by atoms with Crippen molar-refractivity contribution in [3.8, 4) is 5.88 Å². The van der Waals surface area contributed by atoms with Crippen LogP contribution in [0.15, 0.2) is 18.3 Å². The summed E-state index contributed by atoms with van der Waals surface area (Å²) in [5.74, 6) is -0.143. The molecule has 3 amide bonds. The summed E-state index contributed by atoms with van der Waals surface area (Å²) in [6.07, 6.45) is 0.947. The van der Waals surface area contributed by atoms with Gasteiger partial charge in [0.15, 0.2) is 6.61 Å². The summed E-state index contributed by atoms with van der Waals surface area (Å²) in [7, 11) is 1.46. The van der Waals surface area contributed by atoms with Gasteiger partial charge < -0.3 is 14.4 Å². The van der Waals surface area contributed by atoms with Crippen LogP contribution in [0.2, 0.25) is 0 Å². The highest BCUT2D eigenvalue weighted by atomic mass is 16.6. The third-order valence-electron chi connectivity index (χ3n) is 3.72. The molecule has 2 aliphatic heterocycles. The fourth-order valence-corrected chi connectivity index (χ4v) is 2.55. The van der Waals surface area contributed by atoms with Gasteiger partial charge in [0.2, 0.25) is 5.88 Å². The van der Waals surface area contributed by atoms with E-state index in [4.69, 9.17) is 4.74 Å². The van der Waals surface area contributed by atoms with Gasteiger partial charge in [-0.15, -0.1) is 0 Å². The Bertz CT molecular complexity index is 611. The molecule has 1 aromatic rings.